The summed E-state index contributed by atoms with van der Waals surface area (Å²) in [5, 5.41) is 3.06. The normalized spacial score (nSPS) is 12.1. The van der Waals surface area contributed by atoms with Crippen LogP contribution in [0.1, 0.15) is 6.92 Å². The summed E-state index contributed by atoms with van der Waals surface area (Å²) in [6.07, 6.45) is 0. The third kappa shape index (κ3) is 2.68. The maximum absolute atomic E-state index is 10.8. The first-order chi connectivity index (χ1) is 5.70. The molecule has 0 aliphatic rings. The molecule has 0 saturated heterocycles. The summed E-state index contributed by atoms with van der Waals surface area (Å²) in [5.41, 5.74) is 0.966. The van der Waals surface area contributed by atoms with Crippen molar-refractivity contribution in [1.29, 1.82) is 0 Å². The van der Waals surface area contributed by atoms with Crippen molar-refractivity contribution in [2.24, 2.45) is 0 Å². The molecule has 0 spiro atoms. The van der Waals surface area contributed by atoms with Crippen molar-refractivity contribution in [2.45, 2.75) is 13.0 Å². The van der Waals surface area contributed by atoms with Crippen LogP contribution in [0.3, 0.4) is 0 Å². The molecule has 0 unspecified atom stereocenters. The molecule has 12 heavy (non-hydrogen) atoms. The first-order valence-corrected chi connectivity index (χ1v) is 4.58. The maximum atomic E-state index is 10.8. The molecule has 1 atom stereocenters. The van der Waals surface area contributed by atoms with Gasteiger partial charge in [-0.1, -0.05) is 0 Å². The van der Waals surface area contributed by atoms with Crippen LogP contribution < -0.4 is 5.32 Å². The Hall–Kier alpha value is -0.791. The molecule has 0 fully saturated rings. The molecule has 2 nitrogen and oxygen atoms in total. The molecule has 0 aliphatic heterocycles. The van der Waals surface area contributed by atoms with E-state index in [1.807, 2.05) is 37.3 Å². The van der Waals surface area contributed by atoms with Crippen LogP contribution in [0, 0.1) is 0 Å². The topological polar surface area (TPSA) is 29.1 Å². The van der Waals surface area contributed by atoms with Crippen LogP contribution in [0.2, 0.25) is 0 Å². The van der Waals surface area contributed by atoms with Gasteiger partial charge in [-0.25, -0.2) is 0 Å². The molecular formula is C9H10NOSe. The Morgan fingerprint density at radius 1 is 1.42 bits per heavy atom. The van der Waals surface area contributed by atoms with Gasteiger partial charge in [0.25, 0.3) is 0 Å². The molecule has 1 aromatic rings. The summed E-state index contributed by atoms with van der Waals surface area (Å²) in [6, 6.07) is 9.50. The average Bonchev–Trinajstić information content (AvgIpc) is 2.06. The first kappa shape index (κ1) is 9.30. The van der Waals surface area contributed by atoms with Crippen LogP contribution in [0.4, 0.5) is 5.69 Å². The predicted octanol–water partition coefficient (Wildman–Crippen LogP) is 1.18. The van der Waals surface area contributed by atoms with Crippen LogP contribution in [0.15, 0.2) is 30.3 Å². The van der Waals surface area contributed by atoms with Crippen LogP contribution >= 0.6 is 0 Å². The van der Waals surface area contributed by atoms with Crippen molar-refractivity contribution in [3.63, 3.8) is 0 Å². The summed E-state index contributed by atoms with van der Waals surface area (Å²) in [7, 11) is 0. The number of carbonyl (C=O) groups is 1. The number of hydrogen-bond donors (Lipinski definition) is 1. The summed E-state index contributed by atoms with van der Waals surface area (Å²) in [6.45, 7) is 1.83. The van der Waals surface area contributed by atoms with E-state index in [2.05, 4.69) is 21.3 Å². The molecule has 0 saturated carbocycles. The monoisotopic (exact) mass is 228 g/mol. The van der Waals surface area contributed by atoms with Gasteiger partial charge in [0.15, 0.2) is 0 Å². The minimum absolute atomic E-state index is 0.0267. The fraction of sp³-hybridized carbons (Fsp3) is 0.222. The van der Waals surface area contributed by atoms with E-state index in [1.54, 1.807) is 0 Å². The van der Waals surface area contributed by atoms with Gasteiger partial charge in [-0.15, -0.1) is 0 Å². The Labute approximate surface area is 80.2 Å². The summed E-state index contributed by atoms with van der Waals surface area (Å²) >= 11 is 2.46. The fourth-order valence-corrected chi connectivity index (χ4v) is 0.967. The molecule has 0 amide bonds. The third-order valence-corrected chi connectivity index (χ3v) is 2.25. The first-order valence-electron chi connectivity index (χ1n) is 3.72. The second-order valence-corrected chi connectivity index (χ2v) is 3.40. The SMILES string of the molecule is C[C@H](Nc1ccccc1)C(=O)[Se]. The second kappa shape index (κ2) is 4.29. The summed E-state index contributed by atoms with van der Waals surface area (Å²) in [4.78, 5) is 10.8. The van der Waals surface area contributed by atoms with Crippen molar-refractivity contribution in [3.8, 4) is 0 Å². The number of hydrogen-bond acceptors (Lipinski definition) is 2. The van der Waals surface area contributed by atoms with Crippen molar-refractivity contribution in [2.75, 3.05) is 5.32 Å². The van der Waals surface area contributed by atoms with Gasteiger partial charge in [0, 0.05) is 0 Å². The zero-order valence-electron chi connectivity index (χ0n) is 6.78. The van der Waals surface area contributed by atoms with Gasteiger partial charge in [0.2, 0.25) is 0 Å². The van der Waals surface area contributed by atoms with E-state index in [1.165, 1.54) is 0 Å². The number of carbonyl (C=O) groups excluding carboxylic acids is 1. The predicted molar refractivity (Wildman–Crippen MR) is 50.3 cm³/mol. The van der Waals surface area contributed by atoms with E-state index in [4.69, 9.17) is 0 Å². The van der Waals surface area contributed by atoms with Crippen LogP contribution in [0.25, 0.3) is 0 Å². The van der Waals surface area contributed by atoms with E-state index < -0.39 is 0 Å². The van der Waals surface area contributed by atoms with Crippen LogP contribution in [-0.4, -0.2) is 26.7 Å². The molecule has 0 aliphatic carbocycles. The van der Waals surface area contributed by atoms with E-state index in [9.17, 15) is 4.79 Å². The molecule has 1 radical (unpaired) electrons. The van der Waals surface area contributed by atoms with Gasteiger partial charge in [-0.05, 0) is 0 Å². The van der Waals surface area contributed by atoms with Crippen LogP contribution in [0.5, 0.6) is 0 Å². The van der Waals surface area contributed by atoms with E-state index in [0.717, 1.165) is 5.69 Å². The number of anilines is 1. The zero-order valence-corrected chi connectivity index (χ0v) is 8.49. The molecule has 0 heterocycles. The Balaban J connectivity index is 2.58. The van der Waals surface area contributed by atoms with Gasteiger partial charge in [0.1, 0.15) is 0 Å². The third-order valence-electron chi connectivity index (χ3n) is 1.51. The van der Waals surface area contributed by atoms with Crippen molar-refractivity contribution >= 4 is 26.4 Å². The molecule has 0 bridgehead atoms. The Kier molecular flexibility index (Phi) is 3.32. The Morgan fingerprint density at radius 2 is 2.00 bits per heavy atom. The quantitative estimate of drug-likeness (QED) is 0.785. The molecule has 1 N–H and O–H groups in total. The van der Waals surface area contributed by atoms with Crippen molar-refractivity contribution < 1.29 is 4.79 Å². The van der Waals surface area contributed by atoms with E-state index in [-0.39, 0.29) is 10.7 Å². The fourth-order valence-electron chi connectivity index (χ4n) is 0.843. The average molecular weight is 227 g/mol. The standard InChI is InChI=1S/C9H10NOSe/c1-7(9(11)12)10-8-5-3-2-4-6-8/h2-7,10H,1H3/t7-/m0/s1. The minimum atomic E-state index is -0.160. The summed E-state index contributed by atoms with van der Waals surface area (Å²) < 4.78 is 0.0267. The van der Waals surface area contributed by atoms with E-state index >= 15 is 0 Å². The molecule has 1 aromatic carbocycles. The Bertz CT molecular complexity index is 260. The van der Waals surface area contributed by atoms with Gasteiger partial charge < -0.3 is 0 Å². The van der Waals surface area contributed by atoms with Crippen molar-refractivity contribution in [3.05, 3.63) is 30.3 Å². The molecule has 63 valence electrons. The molecule has 1 rings (SSSR count). The molecule has 3 heteroatoms. The summed E-state index contributed by atoms with van der Waals surface area (Å²) in [5.74, 6) is 0. The van der Waals surface area contributed by atoms with Crippen LogP contribution in [-0.2, 0) is 4.79 Å². The van der Waals surface area contributed by atoms with Crippen molar-refractivity contribution in [1.82, 2.24) is 0 Å². The molecular weight excluding hydrogens is 217 g/mol. The number of para-hydroxylation sites is 1. The second-order valence-electron chi connectivity index (χ2n) is 2.55. The number of benzene rings is 1. The number of nitrogens with one attached hydrogen (secondary N) is 1. The zero-order chi connectivity index (χ0) is 8.97. The van der Waals surface area contributed by atoms with E-state index in [0.29, 0.717) is 0 Å². The number of rotatable bonds is 3. The van der Waals surface area contributed by atoms with Gasteiger partial charge in [-0.3, -0.25) is 0 Å². The van der Waals surface area contributed by atoms with Gasteiger partial charge in [0.05, 0.1) is 0 Å². The van der Waals surface area contributed by atoms with Gasteiger partial charge >= 0.3 is 79.8 Å². The Morgan fingerprint density at radius 3 is 2.50 bits per heavy atom. The molecule has 0 aromatic heterocycles. The van der Waals surface area contributed by atoms with Gasteiger partial charge in [-0.2, -0.15) is 0 Å².